The van der Waals surface area contributed by atoms with Gasteiger partial charge in [-0.2, -0.15) is 10.1 Å². The molecule has 0 spiro atoms. The van der Waals surface area contributed by atoms with E-state index in [1.165, 1.54) is 10.7 Å². The first-order valence-corrected chi connectivity index (χ1v) is 5.10. The van der Waals surface area contributed by atoms with Crippen molar-refractivity contribution in [2.75, 3.05) is 6.61 Å². The topological polar surface area (TPSA) is 77.2 Å². The van der Waals surface area contributed by atoms with Gasteiger partial charge in [0.25, 0.3) is 0 Å². The summed E-state index contributed by atoms with van der Waals surface area (Å²) in [6.07, 6.45) is 1.54. The van der Waals surface area contributed by atoms with Crippen LogP contribution in [0.2, 0.25) is 0 Å². The Morgan fingerprint density at radius 3 is 2.94 bits per heavy atom. The number of nitrogens with zero attached hydrogens (tertiary/aromatic N) is 3. The molecule has 0 bridgehead atoms. The van der Waals surface area contributed by atoms with E-state index in [0.717, 1.165) is 0 Å². The Balaban J connectivity index is 2.31. The smallest absolute Gasteiger partial charge is 0.356 e. The molecule has 0 atom stereocenters. The van der Waals surface area contributed by atoms with E-state index < -0.39 is 5.97 Å². The summed E-state index contributed by atoms with van der Waals surface area (Å²) >= 11 is 0. The monoisotopic (exact) mass is 233 g/mol. The van der Waals surface area contributed by atoms with E-state index in [4.69, 9.17) is 9.84 Å². The standard InChI is InChI=1S/C11H11N3O3/c1-2-17-10-5-3-4-9(12-10)14-7-6-8(13-14)11(15)16/h3-7H,2H2,1H3,(H,15,16). The number of rotatable bonds is 4. The van der Waals surface area contributed by atoms with E-state index in [1.54, 1.807) is 24.4 Å². The summed E-state index contributed by atoms with van der Waals surface area (Å²) in [5.41, 5.74) is -0.0198. The van der Waals surface area contributed by atoms with E-state index in [9.17, 15) is 4.79 Å². The highest BCUT2D eigenvalue weighted by atomic mass is 16.5. The van der Waals surface area contributed by atoms with Gasteiger partial charge in [0.2, 0.25) is 5.88 Å². The zero-order chi connectivity index (χ0) is 12.3. The number of carboxylic acid groups (broad SMARTS) is 1. The molecule has 2 rings (SSSR count). The second-order valence-corrected chi connectivity index (χ2v) is 3.22. The normalized spacial score (nSPS) is 10.2. The summed E-state index contributed by atoms with van der Waals surface area (Å²) in [7, 11) is 0. The fourth-order valence-corrected chi connectivity index (χ4v) is 1.33. The van der Waals surface area contributed by atoms with Gasteiger partial charge in [0.05, 0.1) is 6.61 Å². The van der Waals surface area contributed by atoms with Gasteiger partial charge in [0.1, 0.15) is 0 Å². The Labute approximate surface area is 97.5 Å². The lowest BCUT2D eigenvalue weighted by atomic mass is 10.4. The molecule has 0 saturated carbocycles. The first-order chi connectivity index (χ1) is 8.20. The van der Waals surface area contributed by atoms with E-state index in [0.29, 0.717) is 18.3 Å². The minimum Gasteiger partial charge on any atom is -0.478 e. The first-order valence-electron chi connectivity index (χ1n) is 5.10. The van der Waals surface area contributed by atoms with Crippen LogP contribution in [0.25, 0.3) is 5.82 Å². The van der Waals surface area contributed by atoms with Crippen molar-refractivity contribution < 1.29 is 14.6 Å². The third-order valence-corrected chi connectivity index (χ3v) is 2.04. The van der Waals surface area contributed by atoms with Crippen LogP contribution in [0.3, 0.4) is 0 Å². The maximum Gasteiger partial charge on any atom is 0.356 e. The molecule has 6 heteroatoms. The molecule has 17 heavy (non-hydrogen) atoms. The Morgan fingerprint density at radius 1 is 1.47 bits per heavy atom. The van der Waals surface area contributed by atoms with Crippen LogP contribution in [0.1, 0.15) is 17.4 Å². The maximum atomic E-state index is 10.7. The minimum atomic E-state index is -1.07. The maximum absolute atomic E-state index is 10.7. The van der Waals surface area contributed by atoms with Crippen LogP contribution in [0.5, 0.6) is 5.88 Å². The number of hydrogen-bond donors (Lipinski definition) is 1. The molecule has 0 saturated heterocycles. The van der Waals surface area contributed by atoms with E-state index in [-0.39, 0.29) is 5.69 Å². The summed E-state index contributed by atoms with van der Waals surface area (Å²) in [4.78, 5) is 14.9. The largest absolute Gasteiger partial charge is 0.478 e. The van der Waals surface area contributed by atoms with Crippen LogP contribution in [-0.2, 0) is 0 Å². The molecule has 0 aliphatic rings. The average Bonchev–Trinajstić information content (AvgIpc) is 2.79. The first kappa shape index (κ1) is 11.1. The molecule has 0 aliphatic carbocycles. The average molecular weight is 233 g/mol. The quantitative estimate of drug-likeness (QED) is 0.862. The molecule has 6 nitrogen and oxygen atoms in total. The summed E-state index contributed by atoms with van der Waals surface area (Å²) in [5.74, 6) is -0.0643. The van der Waals surface area contributed by atoms with Crippen LogP contribution < -0.4 is 4.74 Å². The second-order valence-electron chi connectivity index (χ2n) is 3.22. The number of aromatic nitrogens is 3. The van der Waals surface area contributed by atoms with E-state index >= 15 is 0 Å². The van der Waals surface area contributed by atoms with Gasteiger partial charge in [-0.1, -0.05) is 6.07 Å². The van der Waals surface area contributed by atoms with Crippen molar-refractivity contribution in [3.63, 3.8) is 0 Å². The van der Waals surface area contributed by atoms with Crippen molar-refractivity contribution in [3.05, 3.63) is 36.2 Å². The SMILES string of the molecule is CCOc1cccc(-n2ccc(C(=O)O)n2)n1. The summed E-state index contributed by atoms with van der Waals surface area (Å²) in [6, 6.07) is 6.64. The van der Waals surface area contributed by atoms with Crippen molar-refractivity contribution >= 4 is 5.97 Å². The molecule has 0 radical (unpaired) electrons. The molecule has 2 aromatic heterocycles. The number of aromatic carboxylic acids is 1. The van der Waals surface area contributed by atoms with Crippen LogP contribution in [0.15, 0.2) is 30.5 Å². The molecule has 0 amide bonds. The lowest BCUT2D eigenvalue weighted by Gasteiger charge is -2.04. The second kappa shape index (κ2) is 4.65. The van der Waals surface area contributed by atoms with Crippen LogP contribution in [0.4, 0.5) is 0 Å². The van der Waals surface area contributed by atoms with Crippen LogP contribution in [-0.4, -0.2) is 32.4 Å². The van der Waals surface area contributed by atoms with Gasteiger partial charge in [0, 0.05) is 12.3 Å². The molecule has 88 valence electrons. The lowest BCUT2D eigenvalue weighted by molar-refractivity contribution is 0.0690. The van der Waals surface area contributed by atoms with Gasteiger partial charge in [-0.3, -0.25) is 0 Å². The van der Waals surface area contributed by atoms with Gasteiger partial charge in [-0.25, -0.2) is 9.48 Å². The molecule has 2 aromatic rings. The zero-order valence-electron chi connectivity index (χ0n) is 9.20. The molecule has 0 aromatic carbocycles. The molecular formula is C11H11N3O3. The van der Waals surface area contributed by atoms with Crippen LogP contribution in [0, 0.1) is 0 Å². The number of ether oxygens (including phenoxy) is 1. The van der Waals surface area contributed by atoms with Gasteiger partial charge < -0.3 is 9.84 Å². The highest BCUT2D eigenvalue weighted by Gasteiger charge is 2.08. The van der Waals surface area contributed by atoms with Crippen molar-refractivity contribution in [1.29, 1.82) is 0 Å². The van der Waals surface area contributed by atoms with Crippen molar-refractivity contribution in [2.45, 2.75) is 6.92 Å². The predicted octanol–water partition coefficient (Wildman–Crippen LogP) is 1.36. The highest BCUT2D eigenvalue weighted by Crippen LogP contribution is 2.11. The third kappa shape index (κ3) is 2.41. The molecular weight excluding hydrogens is 222 g/mol. The van der Waals surface area contributed by atoms with Gasteiger partial charge in [0.15, 0.2) is 11.5 Å². The fraction of sp³-hybridized carbons (Fsp3) is 0.182. The number of pyridine rings is 1. The van der Waals surface area contributed by atoms with Gasteiger partial charge >= 0.3 is 5.97 Å². The minimum absolute atomic E-state index is 0.0198. The molecule has 1 N–H and O–H groups in total. The Bertz CT molecular complexity index is 536. The fourth-order valence-electron chi connectivity index (χ4n) is 1.33. The molecule has 2 heterocycles. The van der Waals surface area contributed by atoms with Crippen LogP contribution >= 0.6 is 0 Å². The molecule has 0 aliphatic heterocycles. The van der Waals surface area contributed by atoms with Gasteiger partial charge in [-0.05, 0) is 19.1 Å². The summed E-state index contributed by atoms with van der Waals surface area (Å²) in [5, 5.41) is 12.6. The summed E-state index contributed by atoms with van der Waals surface area (Å²) < 4.78 is 6.65. The highest BCUT2D eigenvalue weighted by molar-refractivity contribution is 5.85. The molecule has 0 unspecified atom stereocenters. The van der Waals surface area contributed by atoms with Gasteiger partial charge in [-0.15, -0.1) is 0 Å². The van der Waals surface area contributed by atoms with Crippen molar-refractivity contribution in [1.82, 2.24) is 14.8 Å². The van der Waals surface area contributed by atoms with E-state index in [1.807, 2.05) is 6.92 Å². The summed E-state index contributed by atoms with van der Waals surface area (Å²) in [6.45, 7) is 2.39. The van der Waals surface area contributed by atoms with Crippen molar-refractivity contribution in [2.24, 2.45) is 0 Å². The predicted molar refractivity (Wildman–Crippen MR) is 59.5 cm³/mol. The Hall–Kier alpha value is -2.37. The lowest BCUT2D eigenvalue weighted by Crippen LogP contribution is -2.03. The number of carbonyl (C=O) groups is 1. The van der Waals surface area contributed by atoms with E-state index in [2.05, 4.69) is 10.1 Å². The zero-order valence-corrected chi connectivity index (χ0v) is 9.20. The molecule has 0 fully saturated rings. The Kier molecular flexibility index (Phi) is 3.04. The number of carboxylic acids is 1. The van der Waals surface area contributed by atoms with Crippen molar-refractivity contribution in [3.8, 4) is 11.7 Å². The Morgan fingerprint density at radius 2 is 2.29 bits per heavy atom. The number of hydrogen-bond acceptors (Lipinski definition) is 4. The third-order valence-electron chi connectivity index (χ3n) is 2.04.